The monoisotopic (exact) mass is 578 g/mol. The lowest BCUT2D eigenvalue weighted by atomic mass is 9.71. The second kappa shape index (κ2) is 12.0. The largest absolute Gasteiger partial charge is 0.310 e. The van der Waals surface area contributed by atoms with Crippen molar-refractivity contribution in [3.8, 4) is 5.69 Å². The number of benzene rings is 5. The van der Waals surface area contributed by atoms with Crippen LogP contribution in [0.4, 0.5) is 17.1 Å². The molecule has 1 aromatic heterocycles. The molecule has 2 nitrogen and oxygen atoms in total. The first-order chi connectivity index (χ1) is 21.2. The fraction of sp³-hybridized carbons (Fsp3) is 0.286. The molecule has 1 heterocycles. The number of rotatable bonds is 9. The molecule has 1 unspecified atom stereocenters. The molecular weight excluding hydrogens is 532 g/mol. The Labute approximate surface area is 264 Å². The van der Waals surface area contributed by atoms with Crippen molar-refractivity contribution in [2.24, 2.45) is 10.8 Å². The van der Waals surface area contributed by atoms with Crippen LogP contribution in [-0.2, 0) is 0 Å². The van der Waals surface area contributed by atoms with Crippen LogP contribution in [0.15, 0.2) is 127 Å². The van der Waals surface area contributed by atoms with Gasteiger partial charge in [-0.1, -0.05) is 115 Å². The summed E-state index contributed by atoms with van der Waals surface area (Å²) in [6.45, 7) is 14.3. The molecule has 2 heteroatoms. The SMILES string of the molecule is CCC(C)(C)CCC(c1ccc(N(c2ccccc2)c2ccc3c(c2)c2ccccc2n3-c2ccccc2)cc1)C(C)(C)C. The van der Waals surface area contributed by atoms with Gasteiger partial charge < -0.3 is 9.47 Å². The first-order valence-electron chi connectivity index (χ1n) is 16.2. The average Bonchev–Trinajstić information content (AvgIpc) is 3.36. The second-order valence-corrected chi connectivity index (χ2v) is 14.1. The third kappa shape index (κ3) is 5.91. The van der Waals surface area contributed by atoms with Crippen LogP contribution >= 0.6 is 0 Å². The molecule has 224 valence electrons. The first kappa shape index (κ1) is 29.8. The van der Waals surface area contributed by atoms with Gasteiger partial charge in [-0.3, -0.25) is 0 Å². The molecule has 0 saturated carbocycles. The van der Waals surface area contributed by atoms with Gasteiger partial charge >= 0.3 is 0 Å². The summed E-state index contributed by atoms with van der Waals surface area (Å²) in [5, 5.41) is 2.52. The van der Waals surface area contributed by atoms with Gasteiger partial charge in [-0.15, -0.1) is 0 Å². The smallest absolute Gasteiger partial charge is 0.0542 e. The van der Waals surface area contributed by atoms with Crippen molar-refractivity contribution in [2.45, 2.75) is 66.7 Å². The van der Waals surface area contributed by atoms with Crippen LogP contribution in [0.25, 0.3) is 27.5 Å². The molecule has 0 aliphatic heterocycles. The fourth-order valence-corrected chi connectivity index (χ4v) is 6.65. The zero-order chi connectivity index (χ0) is 30.9. The Hall–Kier alpha value is -4.30. The van der Waals surface area contributed by atoms with E-state index >= 15 is 0 Å². The summed E-state index contributed by atoms with van der Waals surface area (Å²) in [5.41, 5.74) is 9.10. The molecule has 6 aromatic rings. The number of hydrogen-bond donors (Lipinski definition) is 0. The minimum Gasteiger partial charge on any atom is -0.310 e. The van der Waals surface area contributed by atoms with E-state index in [0.29, 0.717) is 11.3 Å². The maximum absolute atomic E-state index is 2.40. The van der Waals surface area contributed by atoms with Crippen molar-refractivity contribution in [2.75, 3.05) is 4.90 Å². The third-order valence-corrected chi connectivity index (χ3v) is 9.61. The van der Waals surface area contributed by atoms with Crippen LogP contribution in [-0.4, -0.2) is 4.57 Å². The lowest BCUT2D eigenvalue weighted by molar-refractivity contribution is 0.242. The number of anilines is 3. The van der Waals surface area contributed by atoms with Gasteiger partial charge in [-0.25, -0.2) is 0 Å². The predicted octanol–water partition coefficient (Wildman–Crippen LogP) is 12.6. The minimum absolute atomic E-state index is 0.197. The van der Waals surface area contributed by atoms with Gasteiger partial charge in [0.1, 0.15) is 0 Å². The predicted molar refractivity (Wildman–Crippen MR) is 191 cm³/mol. The molecule has 0 spiro atoms. The number of fused-ring (bicyclic) bond motifs is 3. The van der Waals surface area contributed by atoms with Crippen LogP contribution < -0.4 is 4.90 Å². The summed E-state index contributed by atoms with van der Waals surface area (Å²) in [5.74, 6) is 0.507. The molecule has 0 N–H and O–H groups in total. The Kier molecular flexibility index (Phi) is 8.12. The Morgan fingerprint density at radius 2 is 1.16 bits per heavy atom. The molecule has 0 radical (unpaired) electrons. The number of para-hydroxylation sites is 3. The van der Waals surface area contributed by atoms with Gasteiger partial charge in [-0.05, 0) is 95.8 Å². The molecule has 0 aliphatic rings. The summed E-state index contributed by atoms with van der Waals surface area (Å²) >= 11 is 0. The maximum atomic E-state index is 2.40. The molecule has 0 saturated heterocycles. The molecular formula is C42H46N2. The molecule has 1 atom stereocenters. The second-order valence-electron chi connectivity index (χ2n) is 14.1. The average molecular weight is 579 g/mol. The Morgan fingerprint density at radius 1 is 0.591 bits per heavy atom. The van der Waals surface area contributed by atoms with E-state index < -0.39 is 0 Å². The highest BCUT2D eigenvalue weighted by Gasteiger charge is 2.29. The lowest BCUT2D eigenvalue weighted by Crippen LogP contribution is -2.21. The maximum Gasteiger partial charge on any atom is 0.0542 e. The van der Waals surface area contributed by atoms with Crippen LogP contribution in [0.1, 0.15) is 72.3 Å². The molecule has 44 heavy (non-hydrogen) atoms. The van der Waals surface area contributed by atoms with Gasteiger partial charge in [0.2, 0.25) is 0 Å². The van der Waals surface area contributed by atoms with E-state index in [-0.39, 0.29) is 5.41 Å². The highest BCUT2D eigenvalue weighted by atomic mass is 15.1. The van der Waals surface area contributed by atoms with Crippen molar-refractivity contribution in [1.29, 1.82) is 0 Å². The Morgan fingerprint density at radius 3 is 1.82 bits per heavy atom. The van der Waals surface area contributed by atoms with E-state index in [4.69, 9.17) is 0 Å². The van der Waals surface area contributed by atoms with Crippen molar-refractivity contribution >= 4 is 38.9 Å². The van der Waals surface area contributed by atoms with Crippen molar-refractivity contribution in [3.63, 3.8) is 0 Å². The summed E-state index contributed by atoms with van der Waals surface area (Å²) in [6.07, 6.45) is 3.65. The highest BCUT2D eigenvalue weighted by Crippen LogP contribution is 2.44. The molecule has 0 aliphatic carbocycles. The van der Waals surface area contributed by atoms with Gasteiger partial charge in [0.25, 0.3) is 0 Å². The number of aromatic nitrogens is 1. The zero-order valence-electron chi connectivity index (χ0n) is 27.2. The summed E-state index contributed by atoms with van der Waals surface area (Å²) < 4.78 is 2.38. The Balaban J connectivity index is 1.44. The van der Waals surface area contributed by atoms with Gasteiger partial charge in [0, 0.05) is 33.5 Å². The van der Waals surface area contributed by atoms with E-state index in [1.807, 2.05) is 0 Å². The summed E-state index contributed by atoms with van der Waals surface area (Å²) in [4.78, 5) is 2.39. The number of nitrogens with zero attached hydrogens (tertiary/aromatic N) is 2. The van der Waals surface area contributed by atoms with E-state index in [2.05, 4.69) is 178 Å². The van der Waals surface area contributed by atoms with Crippen molar-refractivity contribution < 1.29 is 0 Å². The van der Waals surface area contributed by atoms with Crippen LogP contribution in [0, 0.1) is 10.8 Å². The highest BCUT2D eigenvalue weighted by molar-refractivity contribution is 6.10. The van der Waals surface area contributed by atoms with Gasteiger partial charge in [0.15, 0.2) is 0 Å². The topological polar surface area (TPSA) is 8.17 Å². The van der Waals surface area contributed by atoms with Crippen LogP contribution in [0.3, 0.4) is 0 Å². The van der Waals surface area contributed by atoms with Crippen molar-refractivity contribution in [1.82, 2.24) is 4.57 Å². The van der Waals surface area contributed by atoms with Crippen molar-refractivity contribution in [3.05, 3.63) is 133 Å². The Bertz CT molecular complexity index is 1840. The first-order valence-corrected chi connectivity index (χ1v) is 16.2. The number of hydrogen-bond acceptors (Lipinski definition) is 1. The lowest BCUT2D eigenvalue weighted by Gasteiger charge is -2.34. The standard InChI is InChI=1S/C42H46N2/c1-7-42(5,6)29-28-38(41(2,3)4)31-22-24-34(25-23-31)43(32-16-10-8-11-17-32)35-26-27-40-37(30-35)36-20-14-15-21-39(36)44(40)33-18-12-9-13-19-33/h8-27,30,38H,7,28-29H2,1-6H3. The molecule has 0 bridgehead atoms. The van der Waals surface area contributed by atoms with E-state index in [0.717, 1.165) is 11.4 Å². The molecule has 0 fully saturated rings. The summed E-state index contributed by atoms with van der Waals surface area (Å²) in [7, 11) is 0. The normalized spacial score (nSPS) is 13.0. The van der Waals surface area contributed by atoms with Gasteiger partial charge in [0.05, 0.1) is 11.0 Å². The molecule has 0 amide bonds. The quantitative estimate of drug-likeness (QED) is 0.166. The summed E-state index contributed by atoms with van der Waals surface area (Å²) in [6, 6.07) is 46.5. The fourth-order valence-electron chi connectivity index (χ4n) is 6.65. The van der Waals surface area contributed by atoms with Crippen LogP contribution in [0.2, 0.25) is 0 Å². The van der Waals surface area contributed by atoms with E-state index in [1.165, 1.54) is 58.0 Å². The third-order valence-electron chi connectivity index (χ3n) is 9.61. The van der Waals surface area contributed by atoms with E-state index in [9.17, 15) is 0 Å². The van der Waals surface area contributed by atoms with E-state index in [1.54, 1.807) is 0 Å². The zero-order valence-corrected chi connectivity index (χ0v) is 27.2. The van der Waals surface area contributed by atoms with Crippen LogP contribution in [0.5, 0.6) is 0 Å². The minimum atomic E-state index is 0.197. The van der Waals surface area contributed by atoms with Gasteiger partial charge in [-0.2, -0.15) is 0 Å². The molecule has 5 aromatic carbocycles. The molecule has 6 rings (SSSR count).